The fourth-order valence-corrected chi connectivity index (χ4v) is 1.17. The Kier molecular flexibility index (Phi) is 5.70. The van der Waals surface area contributed by atoms with Crippen molar-refractivity contribution >= 4 is 17.7 Å². The molecule has 0 atom stereocenters. The second kappa shape index (κ2) is 7.32. The van der Waals surface area contributed by atoms with E-state index in [0.717, 1.165) is 0 Å². The van der Waals surface area contributed by atoms with Gasteiger partial charge in [0, 0.05) is 5.69 Å². The number of ether oxygens (including phenoxy) is 1. The van der Waals surface area contributed by atoms with Gasteiger partial charge in [-0.1, -0.05) is 32.0 Å². The first-order valence-electron chi connectivity index (χ1n) is 5.83. The van der Waals surface area contributed by atoms with Crippen LogP contribution in [0.1, 0.15) is 13.8 Å². The van der Waals surface area contributed by atoms with E-state index in [-0.39, 0.29) is 18.4 Å². The van der Waals surface area contributed by atoms with Crippen LogP contribution in [-0.2, 0) is 9.53 Å². The summed E-state index contributed by atoms with van der Waals surface area (Å²) in [5.41, 5.74) is 0.694. The van der Waals surface area contributed by atoms with Crippen molar-refractivity contribution in [3.05, 3.63) is 30.3 Å². The highest BCUT2D eigenvalue weighted by Crippen LogP contribution is 2.03. The highest BCUT2D eigenvalue weighted by Gasteiger charge is 2.07. The highest BCUT2D eigenvalue weighted by molar-refractivity contribution is 5.93. The van der Waals surface area contributed by atoms with E-state index >= 15 is 0 Å². The number of hydrogen-bond donors (Lipinski definition) is 2. The molecule has 0 aliphatic carbocycles. The smallest absolute Gasteiger partial charge is 0.407 e. The maximum atomic E-state index is 11.5. The summed E-state index contributed by atoms with van der Waals surface area (Å²) in [6.07, 6.45) is -0.577. The van der Waals surface area contributed by atoms with Gasteiger partial charge in [-0.2, -0.15) is 0 Å². The van der Waals surface area contributed by atoms with Crippen molar-refractivity contribution in [2.45, 2.75) is 13.8 Å². The van der Waals surface area contributed by atoms with Crippen molar-refractivity contribution in [3.8, 4) is 0 Å². The number of anilines is 1. The Morgan fingerprint density at radius 3 is 2.50 bits per heavy atom. The van der Waals surface area contributed by atoms with Gasteiger partial charge < -0.3 is 15.4 Å². The van der Waals surface area contributed by atoms with Crippen LogP contribution in [0, 0.1) is 5.92 Å². The molecule has 0 aliphatic heterocycles. The molecule has 0 spiro atoms. The Hall–Kier alpha value is -2.04. The predicted octanol–water partition coefficient (Wildman–Crippen LogP) is 2.01. The van der Waals surface area contributed by atoms with E-state index in [1.54, 1.807) is 12.1 Å². The summed E-state index contributed by atoms with van der Waals surface area (Å²) in [5, 5.41) is 5.04. The Balaban J connectivity index is 2.23. The van der Waals surface area contributed by atoms with Gasteiger partial charge in [0.25, 0.3) is 0 Å². The first kappa shape index (κ1) is 14.0. The molecule has 2 N–H and O–H groups in total. The minimum absolute atomic E-state index is 0.105. The molecule has 0 aliphatic rings. The van der Waals surface area contributed by atoms with Gasteiger partial charge in [-0.05, 0) is 18.1 Å². The van der Waals surface area contributed by atoms with Crippen LogP contribution >= 0.6 is 0 Å². The fourth-order valence-electron chi connectivity index (χ4n) is 1.17. The molecule has 0 saturated carbocycles. The zero-order valence-electron chi connectivity index (χ0n) is 10.6. The topological polar surface area (TPSA) is 67.4 Å². The summed E-state index contributed by atoms with van der Waals surface area (Å²) < 4.78 is 4.87. The van der Waals surface area contributed by atoms with Crippen molar-refractivity contribution < 1.29 is 14.3 Å². The van der Waals surface area contributed by atoms with Crippen molar-refractivity contribution in [3.63, 3.8) is 0 Å². The van der Waals surface area contributed by atoms with Gasteiger partial charge in [-0.25, -0.2) is 4.79 Å². The predicted molar refractivity (Wildman–Crippen MR) is 69.3 cm³/mol. The lowest BCUT2D eigenvalue weighted by Crippen LogP contribution is -2.33. The van der Waals surface area contributed by atoms with Gasteiger partial charge in [-0.15, -0.1) is 0 Å². The van der Waals surface area contributed by atoms with Crippen LogP contribution in [0.3, 0.4) is 0 Å². The van der Waals surface area contributed by atoms with Gasteiger partial charge in [0.2, 0.25) is 5.91 Å². The fraction of sp³-hybridized carbons (Fsp3) is 0.385. The van der Waals surface area contributed by atoms with Crippen molar-refractivity contribution in [2.24, 2.45) is 5.92 Å². The highest BCUT2D eigenvalue weighted by atomic mass is 16.5. The number of carbonyl (C=O) groups is 2. The Morgan fingerprint density at radius 1 is 1.22 bits per heavy atom. The number of para-hydroxylation sites is 1. The SMILES string of the molecule is CC(C)COC(=O)NCC(=O)Nc1ccccc1. The van der Waals surface area contributed by atoms with Crippen LogP contribution in [0.25, 0.3) is 0 Å². The van der Waals surface area contributed by atoms with Crippen LogP contribution in [0.2, 0.25) is 0 Å². The van der Waals surface area contributed by atoms with Crippen LogP contribution in [0.5, 0.6) is 0 Å². The molecule has 0 radical (unpaired) electrons. The third-order valence-electron chi connectivity index (χ3n) is 2.00. The zero-order chi connectivity index (χ0) is 13.4. The monoisotopic (exact) mass is 250 g/mol. The second-order valence-electron chi connectivity index (χ2n) is 4.26. The number of nitrogens with one attached hydrogen (secondary N) is 2. The molecule has 1 rings (SSSR count). The number of rotatable bonds is 5. The quantitative estimate of drug-likeness (QED) is 0.840. The van der Waals surface area contributed by atoms with Gasteiger partial charge in [0.05, 0.1) is 6.61 Å². The lowest BCUT2D eigenvalue weighted by atomic mass is 10.2. The van der Waals surface area contributed by atoms with E-state index in [9.17, 15) is 9.59 Å². The third kappa shape index (κ3) is 5.89. The molecule has 5 nitrogen and oxygen atoms in total. The molecular formula is C13H18N2O3. The first-order chi connectivity index (χ1) is 8.58. The van der Waals surface area contributed by atoms with E-state index < -0.39 is 6.09 Å². The number of benzene rings is 1. The van der Waals surface area contributed by atoms with Gasteiger partial charge >= 0.3 is 6.09 Å². The Labute approximate surface area is 107 Å². The number of hydrogen-bond acceptors (Lipinski definition) is 3. The van der Waals surface area contributed by atoms with Gasteiger partial charge in [0.1, 0.15) is 6.54 Å². The summed E-state index contributed by atoms with van der Waals surface area (Å²) in [5.74, 6) is -0.0170. The van der Waals surface area contributed by atoms with E-state index in [1.807, 2.05) is 32.0 Å². The number of alkyl carbamates (subject to hydrolysis) is 1. The first-order valence-corrected chi connectivity index (χ1v) is 5.83. The molecule has 2 amide bonds. The van der Waals surface area contributed by atoms with Crippen molar-refractivity contribution in [1.82, 2.24) is 5.32 Å². The minimum Gasteiger partial charge on any atom is -0.449 e. The lowest BCUT2D eigenvalue weighted by Gasteiger charge is -2.09. The van der Waals surface area contributed by atoms with Crippen LogP contribution < -0.4 is 10.6 Å². The largest absolute Gasteiger partial charge is 0.449 e. The van der Waals surface area contributed by atoms with Gasteiger partial charge in [-0.3, -0.25) is 4.79 Å². The lowest BCUT2D eigenvalue weighted by molar-refractivity contribution is -0.115. The molecule has 1 aromatic rings. The number of amides is 2. The van der Waals surface area contributed by atoms with E-state index in [1.165, 1.54) is 0 Å². The van der Waals surface area contributed by atoms with E-state index in [0.29, 0.717) is 12.3 Å². The molecule has 0 fully saturated rings. The average molecular weight is 250 g/mol. The maximum Gasteiger partial charge on any atom is 0.407 e. The van der Waals surface area contributed by atoms with Crippen LogP contribution in [0.4, 0.5) is 10.5 Å². The summed E-state index contributed by atoms with van der Waals surface area (Å²) >= 11 is 0. The molecule has 5 heteroatoms. The Bertz CT molecular complexity index is 390. The zero-order valence-corrected chi connectivity index (χ0v) is 10.6. The molecule has 0 unspecified atom stereocenters. The molecule has 0 aromatic heterocycles. The number of carbonyl (C=O) groups excluding carboxylic acids is 2. The normalized spacial score (nSPS) is 9.94. The molecule has 0 saturated heterocycles. The Morgan fingerprint density at radius 2 is 1.89 bits per heavy atom. The maximum absolute atomic E-state index is 11.5. The standard InChI is InChI=1S/C13H18N2O3/c1-10(2)9-18-13(17)14-8-12(16)15-11-6-4-3-5-7-11/h3-7,10H,8-9H2,1-2H3,(H,14,17)(H,15,16). The third-order valence-corrected chi connectivity index (χ3v) is 2.00. The summed E-state index contributed by atoms with van der Waals surface area (Å²) in [7, 11) is 0. The molecular weight excluding hydrogens is 232 g/mol. The molecule has 98 valence electrons. The summed E-state index contributed by atoms with van der Waals surface area (Å²) in [6.45, 7) is 4.11. The van der Waals surface area contributed by atoms with Crippen molar-refractivity contribution in [1.29, 1.82) is 0 Å². The molecule has 0 bridgehead atoms. The average Bonchev–Trinajstić information content (AvgIpc) is 2.35. The molecule has 1 aromatic carbocycles. The minimum atomic E-state index is -0.577. The molecule has 0 heterocycles. The van der Waals surface area contributed by atoms with Crippen LogP contribution in [-0.4, -0.2) is 25.2 Å². The van der Waals surface area contributed by atoms with E-state index in [2.05, 4.69) is 10.6 Å². The molecule has 18 heavy (non-hydrogen) atoms. The summed E-state index contributed by atoms with van der Waals surface area (Å²) in [4.78, 5) is 22.7. The second-order valence-corrected chi connectivity index (χ2v) is 4.26. The van der Waals surface area contributed by atoms with Gasteiger partial charge in [0.15, 0.2) is 0 Å². The van der Waals surface area contributed by atoms with E-state index in [4.69, 9.17) is 4.74 Å². The van der Waals surface area contributed by atoms with Crippen LogP contribution in [0.15, 0.2) is 30.3 Å². The van der Waals surface area contributed by atoms with Crippen molar-refractivity contribution in [2.75, 3.05) is 18.5 Å². The summed E-state index contributed by atoms with van der Waals surface area (Å²) in [6, 6.07) is 9.04.